The van der Waals surface area contributed by atoms with Gasteiger partial charge < -0.3 is 19.7 Å². The van der Waals surface area contributed by atoms with Crippen LogP contribution in [0.1, 0.15) is 46.1 Å². The van der Waals surface area contributed by atoms with Gasteiger partial charge in [0.25, 0.3) is 0 Å². The summed E-state index contributed by atoms with van der Waals surface area (Å²) >= 11 is 0. The van der Waals surface area contributed by atoms with Crippen LogP contribution in [0.5, 0.6) is 11.5 Å². The molecule has 10 heteroatoms. The van der Waals surface area contributed by atoms with Crippen LogP contribution in [0.3, 0.4) is 0 Å². The molecule has 0 aliphatic carbocycles. The first kappa shape index (κ1) is 31.0. The lowest BCUT2D eigenvalue weighted by Crippen LogP contribution is -2.48. The van der Waals surface area contributed by atoms with Gasteiger partial charge in [-0.15, -0.1) is 0 Å². The number of amides is 2. The molecule has 9 nitrogen and oxygen atoms in total. The second-order valence-electron chi connectivity index (χ2n) is 9.52. The SMILES string of the molecule is CCOc1ccccc1N(CCCC(=O)N(Cc1ccc(OC)cc1)[C@H](C)C(=O)NCC(C)C)S(C)(=O)=O. The summed E-state index contributed by atoms with van der Waals surface area (Å²) in [4.78, 5) is 27.8. The molecule has 0 heterocycles. The molecule has 0 aromatic heterocycles. The summed E-state index contributed by atoms with van der Waals surface area (Å²) in [6, 6.07) is 13.6. The zero-order valence-corrected chi connectivity index (χ0v) is 24.1. The van der Waals surface area contributed by atoms with Crippen molar-refractivity contribution in [3.63, 3.8) is 0 Å². The molecule has 2 aromatic carbocycles. The summed E-state index contributed by atoms with van der Waals surface area (Å²) in [5, 5.41) is 2.90. The van der Waals surface area contributed by atoms with Crippen molar-refractivity contribution in [2.45, 2.75) is 53.1 Å². The zero-order chi connectivity index (χ0) is 28.3. The molecule has 38 heavy (non-hydrogen) atoms. The van der Waals surface area contributed by atoms with E-state index in [1.54, 1.807) is 50.4 Å². The van der Waals surface area contributed by atoms with E-state index < -0.39 is 16.1 Å². The van der Waals surface area contributed by atoms with Gasteiger partial charge in [0.15, 0.2) is 0 Å². The number of anilines is 1. The highest BCUT2D eigenvalue weighted by atomic mass is 32.2. The van der Waals surface area contributed by atoms with Gasteiger partial charge in [-0.3, -0.25) is 13.9 Å². The molecular formula is C28H41N3O6S. The lowest BCUT2D eigenvalue weighted by Gasteiger charge is -2.30. The number of methoxy groups -OCH3 is 1. The molecule has 0 fully saturated rings. The second kappa shape index (κ2) is 14.6. The van der Waals surface area contributed by atoms with Gasteiger partial charge in [-0.2, -0.15) is 0 Å². The Labute approximate surface area is 227 Å². The van der Waals surface area contributed by atoms with E-state index in [1.165, 1.54) is 9.21 Å². The number of para-hydroxylation sites is 2. The van der Waals surface area contributed by atoms with E-state index in [2.05, 4.69) is 5.32 Å². The molecule has 0 aliphatic rings. The van der Waals surface area contributed by atoms with E-state index >= 15 is 0 Å². The molecule has 1 N–H and O–H groups in total. The van der Waals surface area contributed by atoms with Gasteiger partial charge in [0.2, 0.25) is 21.8 Å². The molecule has 0 spiro atoms. The first-order valence-corrected chi connectivity index (χ1v) is 14.7. The van der Waals surface area contributed by atoms with E-state index in [4.69, 9.17) is 9.47 Å². The normalized spacial score (nSPS) is 12.1. The Kier molecular flexibility index (Phi) is 11.9. The fourth-order valence-corrected chi connectivity index (χ4v) is 4.85. The van der Waals surface area contributed by atoms with Crippen LogP contribution < -0.4 is 19.1 Å². The number of sulfonamides is 1. The molecule has 210 valence electrons. The monoisotopic (exact) mass is 547 g/mol. The predicted molar refractivity (Wildman–Crippen MR) is 150 cm³/mol. The Morgan fingerprint density at radius 2 is 1.68 bits per heavy atom. The summed E-state index contributed by atoms with van der Waals surface area (Å²) in [7, 11) is -2.04. The highest BCUT2D eigenvalue weighted by Crippen LogP contribution is 2.30. The Hall–Kier alpha value is -3.27. The largest absolute Gasteiger partial charge is 0.497 e. The molecule has 0 saturated carbocycles. The zero-order valence-electron chi connectivity index (χ0n) is 23.3. The van der Waals surface area contributed by atoms with Crippen molar-refractivity contribution in [1.82, 2.24) is 10.2 Å². The molecule has 2 rings (SSSR count). The van der Waals surface area contributed by atoms with Gasteiger partial charge in [0.05, 0.1) is 25.7 Å². The molecule has 2 amide bonds. The van der Waals surface area contributed by atoms with Crippen molar-refractivity contribution in [1.29, 1.82) is 0 Å². The van der Waals surface area contributed by atoms with E-state index in [0.717, 1.165) is 11.8 Å². The van der Waals surface area contributed by atoms with Gasteiger partial charge in [0, 0.05) is 26.1 Å². The molecule has 0 radical (unpaired) electrons. The molecular weight excluding hydrogens is 506 g/mol. The van der Waals surface area contributed by atoms with E-state index in [0.29, 0.717) is 30.3 Å². The van der Waals surface area contributed by atoms with E-state index in [9.17, 15) is 18.0 Å². The van der Waals surface area contributed by atoms with Crippen LogP contribution >= 0.6 is 0 Å². The Balaban J connectivity index is 2.20. The number of hydrogen-bond acceptors (Lipinski definition) is 6. The lowest BCUT2D eigenvalue weighted by molar-refractivity contribution is -0.140. The van der Waals surface area contributed by atoms with Gasteiger partial charge in [-0.25, -0.2) is 8.42 Å². The summed E-state index contributed by atoms with van der Waals surface area (Å²) < 4.78 is 37.4. The topological polar surface area (TPSA) is 105 Å². The maximum absolute atomic E-state index is 13.4. The van der Waals surface area contributed by atoms with Crippen molar-refractivity contribution < 1.29 is 27.5 Å². The maximum atomic E-state index is 13.4. The summed E-state index contributed by atoms with van der Waals surface area (Å²) in [6.45, 7) is 8.78. The van der Waals surface area contributed by atoms with Gasteiger partial charge in [-0.1, -0.05) is 38.1 Å². The minimum Gasteiger partial charge on any atom is -0.497 e. The first-order chi connectivity index (χ1) is 18.0. The van der Waals surface area contributed by atoms with Crippen LogP contribution in [0.25, 0.3) is 0 Å². The number of nitrogens with zero attached hydrogens (tertiary/aromatic N) is 2. The van der Waals surface area contributed by atoms with Crippen LogP contribution in [-0.4, -0.2) is 64.2 Å². The van der Waals surface area contributed by atoms with Crippen LogP contribution in [-0.2, 0) is 26.2 Å². The fraction of sp³-hybridized carbons (Fsp3) is 0.500. The van der Waals surface area contributed by atoms with Crippen molar-refractivity contribution in [3.05, 3.63) is 54.1 Å². The van der Waals surface area contributed by atoms with Crippen LogP contribution in [0.15, 0.2) is 48.5 Å². The highest BCUT2D eigenvalue weighted by molar-refractivity contribution is 7.92. The number of nitrogens with one attached hydrogen (secondary N) is 1. The molecule has 0 saturated heterocycles. The highest BCUT2D eigenvalue weighted by Gasteiger charge is 2.27. The average molecular weight is 548 g/mol. The standard InChI is InChI=1S/C28H41N3O6S/c1-7-37-26-12-9-8-11-25(26)31(38(6,34)35)18-10-13-27(32)30(22(4)28(33)29-19-21(2)3)20-23-14-16-24(36-5)17-15-23/h8-9,11-12,14-17,21-22H,7,10,13,18-20H2,1-6H3,(H,29,33)/t22-/m1/s1. The third kappa shape index (κ3) is 9.24. The van der Waals surface area contributed by atoms with Crippen molar-refractivity contribution in [2.24, 2.45) is 5.92 Å². The van der Waals surface area contributed by atoms with E-state index in [1.807, 2.05) is 32.9 Å². The Bertz CT molecular complexity index is 1150. The van der Waals surface area contributed by atoms with Crippen LogP contribution in [0, 0.1) is 5.92 Å². The number of benzene rings is 2. The molecule has 1 atom stereocenters. The van der Waals surface area contributed by atoms with Crippen molar-refractivity contribution >= 4 is 27.5 Å². The van der Waals surface area contributed by atoms with Gasteiger partial charge >= 0.3 is 0 Å². The second-order valence-corrected chi connectivity index (χ2v) is 11.4. The number of hydrogen-bond donors (Lipinski definition) is 1. The van der Waals surface area contributed by atoms with Crippen molar-refractivity contribution in [2.75, 3.05) is 37.4 Å². The van der Waals surface area contributed by atoms with Crippen LogP contribution in [0.2, 0.25) is 0 Å². The first-order valence-electron chi connectivity index (χ1n) is 12.9. The summed E-state index contributed by atoms with van der Waals surface area (Å²) in [5.74, 6) is 0.966. The molecule has 0 aliphatic heterocycles. The van der Waals surface area contributed by atoms with E-state index in [-0.39, 0.29) is 43.7 Å². The fourth-order valence-electron chi connectivity index (χ4n) is 3.89. The van der Waals surface area contributed by atoms with Crippen molar-refractivity contribution in [3.8, 4) is 11.5 Å². The third-order valence-electron chi connectivity index (χ3n) is 5.95. The number of ether oxygens (including phenoxy) is 2. The van der Waals surface area contributed by atoms with Gasteiger partial charge in [0.1, 0.15) is 17.5 Å². The summed E-state index contributed by atoms with van der Waals surface area (Å²) in [6.07, 6.45) is 1.47. The smallest absolute Gasteiger partial charge is 0.242 e. The minimum atomic E-state index is -3.63. The Morgan fingerprint density at radius 3 is 2.26 bits per heavy atom. The molecule has 0 unspecified atom stereocenters. The lowest BCUT2D eigenvalue weighted by atomic mass is 10.1. The van der Waals surface area contributed by atoms with Crippen LogP contribution in [0.4, 0.5) is 5.69 Å². The molecule has 0 bridgehead atoms. The maximum Gasteiger partial charge on any atom is 0.242 e. The minimum absolute atomic E-state index is 0.0702. The predicted octanol–water partition coefficient (Wildman–Crippen LogP) is 3.83. The Morgan fingerprint density at radius 1 is 1.03 bits per heavy atom. The number of carbonyl (C=O) groups is 2. The molecule has 2 aromatic rings. The average Bonchev–Trinajstić information content (AvgIpc) is 2.88. The quantitative estimate of drug-likeness (QED) is 0.363. The summed E-state index contributed by atoms with van der Waals surface area (Å²) in [5.41, 5.74) is 1.28. The third-order valence-corrected chi connectivity index (χ3v) is 7.13. The van der Waals surface area contributed by atoms with Gasteiger partial charge in [-0.05, 0) is 56.0 Å². The number of rotatable bonds is 15. The number of carbonyl (C=O) groups excluding carboxylic acids is 2.